The van der Waals surface area contributed by atoms with Crippen molar-refractivity contribution in [3.05, 3.63) is 17.3 Å². The van der Waals surface area contributed by atoms with Crippen LogP contribution in [-0.2, 0) is 33.3 Å². The van der Waals surface area contributed by atoms with Crippen LogP contribution in [0.1, 0.15) is 47.8 Å². The average molecular weight is 495 g/mol. The molecule has 34 heavy (non-hydrogen) atoms. The summed E-state index contributed by atoms with van der Waals surface area (Å²) in [6.07, 6.45) is -0.983. The first-order valence-corrected chi connectivity index (χ1v) is 11.5. The van der Waals surface area contributed by atoms with E-state index in [9.17, 15) is 14.4 Å². The maximum absolute atomic E-state index is 12.6. The number of aromatic nitrogens is 4. The predicted molar refractivity (Wildman–Crippen MR) is 122 cm³/mol. The van der Waals surface area contributed by atoms with Gasteiger partial charge in [0.15, 0.2) is 23.1 Å². The van der Waals surface area contributed by atoms with Crippen LogP contribution in [-0.4, -0.2) is 62.3 Å². The van der Waals surface area contributed by atoms with Crippen LogP contribution in [0.5, 0.6) is 0 Å². The second kappa shape index (κ2) is 10.6. The minimum Gasteiger partial charge on any atom is -0.463 e. The number of aromatic amines is 1. The first kappa shape index (κ1) is 25.8. The standard InChI is InChI=1S/C22H30N4O7S/c1-10(2)20(27)30-7-13-15(32-21(28)11(3)4)16(33-22(29)12(5)6)19(31-13)26-9-25-14-17(26)23-8-24-18(14)34/h8-13,15-16,19H,7H2,1-6H3,(H,23,24,34)/t13-,15-,16+,19-/m1/s1. The number of imidazole rings is 1. The Morgan fingerprint density at radius 1 is 1.00 bits per heavy atom. The van der Waals surface area contributed by atoms with Gasteiger partial charge in [-0.25, -0.2) is 9.97 Å². The highest BCUT2D eigenvalue weighted by molar-refractivity contribution is 7.71. The Bertz CT molecular complexity index is 1110. The molecule has 0 saturated carbocycles. The van der Waals surface area contributed by atoms with Crippen LogP contribution >= 0.6 is 12.2 Å². The monoisotopic (exact) mass is 494 g/mol. The number of carbonyl (C=O) groups is 3. The Labute approximate surface area is 202 Å². The topological polar surface area (TPSA) is 135 Å². The van der Waals surface area contributed by atoms with Gasteiger partial charge in [-0.3, -0.25) is 19.0 Å². The second-order valence-corrected chi connectivity index (χ2v) is 9.41. The highest BCUT2D eigenvalue weighted by Crippen LogP contribution is 2.36. The van der Waals surface area contributed by atoms with Gasteiger partial charge < -0.3 is 23.9 Å². The van der Waals surface area contributed by atoms with Crippen molar-refractivity contribution in [1.29, 1.82) is 0 Å². The van der Waals surface area contributed by atoms with Gasteiger partial charge in [-0.1, -0.05) is 53.8 Å². The third kappa shape index (κ3) is 5.44. The highest BCUT2D eigenvalue weighted by Gasteiger charge is 2.51. The number of hydrogen-bond donors (Lipinski definition) is 1. The van der Waals surface area contributed by atoms with Crippen LogP contribution in [0.25, 0.3) is 11.2 Å². The molecule has 0 aromatic carbocycles. The molecule has 0 radical (unpaired) electrons. The van der Waals surface area contributed by atoms with E-state index in [-0.39, 0.29) is 17.2 Å². The van der Waals surface area contributed by atoms with E-state index in [1.165, 1.54) is 12.7 Å². The molecule has 1 N–H and O–H groups in total. The largest absolute Gasteiger partial charge is 0.463 e. The van der Waals surface area contributed by atoms with E-state index in [4.69, 9.17) is 31.2 Å². The van der Waals surface area contributed by atoms with Gasteiger partial charge in [-0.15, -0.1) is 0 Å². The summed E-state index contributed by atoms with van der Waals surface area (Å²) in [5.41, 5.74) is 0.921. The van der Waals surface area contributed by atoms with Gasteiger partial charge in [0.25, 0.3) is 0 Å². The molecule has 1 aliphatic rings. The molecular weight excluding hydrogens is 464 g/mol. The summed E-state index contributed by atoms with van der Waals surface area (Å²) < 4.78 is 25.0. The third-order valence-electron chi connectivity index (χ3n) is 5.25. The minimum atomic E-state index is -1.03. The fraction of sp³-hybridized carbons (Fsp3) is 0.636. The quantitative estimate of drug-likeness (QED) is 0.331. The fourth-order valence-corrected chi connectivity index (χ4v) is 3.47. The molecule has 1 fully saturated rings. The Hall–Kier alpha value is -2.86. The maximum Gasteiger partial charge on any atom is 0.308 e. The van der Waals surface area contributed by atoms with Crippen molar-refractivity contribution in [2.24, 2.45) is 17.8 Å². The number of ether oxygens (including phenoxy) is 4. The molecule has 2 aromatic rings. The van der Waals surface area contributed by atoms with Gasteiger partial charge in [-0.2, -0.15) is 0 Å². The summed E-state index contributed by atoms with van der Waals surface area (Å²) in [5, 5.41) is 0. The molecule has 1 aliphatic heterocycles. The van der Waals surface area contributed by atoms with Gasteiger partial charge in [0.1, 0.15) is 23.9 Å². The summed E-state index contributed by atoms with van der Waals surface area (Å²) >= 11 is 5.24. The van der Waals surface area contributed by atoms with Crippen molar-refractivity contribution < 1.29 is 33.3 Å². The van der Waals surface area contributed by atoms with Crippen LogP contribution in [0.3, 0.4) is 0 Å². The van der Waals surface area contributed by atoms with Crippen molar-refractivity contribution >= 4 is 41.3 Å². The van der Waals surface area contributed by atoms with E-state index in [0.717, 1.165) is 0 Å². The minimum absolute atomic E-state index is 0.191. The molecular formula is C22H30N4O7S. The molecule has 11 nitrogen and oxygen atoms in total. The van der Waals surface area contributed by atoms with Gasteiger partial charge >= 0.3 is 17.9 Å². The molecule has 2 aromatic heterocycles. The lowest BCUT2D eigenvalue weighted by molar-refractivity contribution is -0.173. The number of H-pyrrole nitrogens is 1. The Balaban J connectivity index is 2.03. The molecule has 0 bridgehead atoms. The zero-order valence-corrected chi connectivity index (χ0v) is 20.8. The summed E-state index contributed by atoms with van der Waals surface area (Å²) in [6, 6.07) is 0. The molecule has 12 heteroatoms. The molecule has 1 saturated heterocycles. The first-order chi connectivity index (χ1) is 16.0. The van der Waals surface area contributed by atoms with Crippen LogP contribution in [0, 0.1) is 22.4 Å². The van der Waals surface area contributed by atoms with E-state index in [2.05, 4.69) is 15.0 Å². The lowest BCUT2D eigenvalue weighted by Gasteiger charge is -2.26. The van der Waals surface area contributed by atoms with E-state index in [1.807, 2.05) is 0 Å². The van der Waals surface area contributed by atoms with Crippen LogP contribution < -0.4 is 0 Å². The second-order valence-electron chi connectivity index (χ2n) is 9.02. The number of nitrogens with one attached hydrogen (secondary N) is 1. The Kier molecular flexibility index (Phi) is 8.03. The van der Waals surface area contributed by atoms with E-state index < -0.39 is 54.3 Å². The van der Waals surface area contributed by atoms with Crippen molar-refractivity contribution in [3.63, 3.8) is 0 Å². The zero-order chi connectivity index (χ0) is 25.2. The summed E-state index contributed by atoms with van der Waals surface area (Å²) in [6.45, 7) is 9.99. The fourth-order valence-electron chi connectivity index (χ4n) is 3.27. The molecule has 3 heterocycles. The van der Waals surface area contributed by atoms with Gasteiger partial charge in [0.05, 0.1) is 30.4 Å². The third-order valence-corrected chi connectivity index (χ3v) is 5.55. The predicted octanol–water partition coefficient (Wildman–Crippen LogP) is 2.72. The number of esters is 3. The summed E-state index contributed by atoms with van der Waals surface area (Å²) in [5.74, 6) is -2.65. The van der Waals surface area contributed by atoms with Gasteiger partial charge in [0, 0.05) is 0 Å². The van der Waals surface area contributed by atoms with E-state index in [0.29, 0.717) is 11.2 Å². The zero-order valence-electron chi connectivity index (χ0n) is 20.0. The van der Waals surface area contributed by atoms with Crippen LogP contribution in [0.15, 0.2) is 12.7 Å². The summed E-state index contributed by atoms with van der Waals surface area (Å²) in [4.78, 5) is 48.5. The van der Waals surface area contributed by atoms with E-state index in [1.54, 1.807) is 46.1 Å². The van der Waals surface area contributed by atoms with Crippen LogP contribution in [0.4, 0.5) is 0 Å². The van der Waals surface area contributed by atoms with Crippen molar-refractivity contribution in [2.45, 2.75) is 66.1 Å². The molecule has 3 rings (SSSR count). The van der Waals surface area contributed by atoms with Crippen molar-refractivity contribution in [1.82, 2.24) is 19.5 Å². The molecule has 0 unspecified atom stereocenters. The number of fused-ring (bicyclic) bond motifs is 1. The molecule has 186 valence electrons. The van der Waals surface area contributed by atoms with E-state index >= 15 is 0 Å². The first-order valence-electron chi connectivity index (χ1n) is 11.1. The Morgan fingerprint density at radius 3 is 2.18 bits per heavy atom. The van der Waals surface area contributed by atoms with Crippen molar-refractivity contribution in [2.75, 3.05) is 6.61 Å². The molecule has 0 spiro atoms. The summed E-state index contributed by atoms with van der Waals surface area (Å²) in [7, 11) is 0. The maximum atomic E-state index is 12.6. The van der Waals surface area contributed by atoms with Gasteiger partial charge in [-0.05, 0) is 0 Å². The molecule has 0 amide bonds. The SMILES string of the molecule is CC(C)C(=O)OC[C@H]1O[C@@H](n2cnc3c(=S)nc[nH]c32)[C@@H](OC(=O)C(C)C)[C@@H]1OC(=O)C(C)C. The number of carbonyl (C=O) groups excluding carboxylic acids is 3. The van der Waals surface area contributed by atoms with Crippen LogP contribution in [0.2, 0.25) is 0 Å². The number of nitrogens with zero attached hydrogens (tertiary/aromatic N) is 3. The van der Waals surface area contributed by atoms with Crippen molar-refractivity contribution in [3.8, 4) is 0 Å². The normalized spacial score (nSPS) is 22.5. The number of hydrogen-bond acceptors (Lipinski definition) is 10. The lowest BCUT2D eigenvalue weighted by atomic mass is 10.1. The number of rotatable bonds is 8. The molecule has 0 aliphatic carbocycles. The average Bonchev–Trinajstić information content (AvgIpc) is 3.34. The highest BCUT2D eigenvalue weighted by atomic mass is 32.1. The van der Waals surface area contributed by atoms with Gasteiger partial charge in [0.2, 0.25) is 0 Å². The molecule has 4 atom stereocenters. The smallest absolute Gasteiger partial charge is 0.308 e. The Morgan fingerprint density at radius 2 is 1.59 bits per heavy atom. The lowest BCUT2D eigenvalue weighted by Crippen LogP contribution is -2.42.